The second kappa shape index (κ2) is 12.7. The van der Waals surface area contributed by atoms with Gasteiger partial charge in [-0.25, -0.2) is 4.79 Å². The number of aliphatic hydroxyl groups is 2. The number of benzene rings is 2. The molecule has 36 heavy (non-hydrogen) atoms. The van der Waals surface area contributed by atoms with Gasteiger partial charge in [-0.1, -0.05) is 18.2 Å². The fraction of sp³-hybridized carbons (Fsp3) is 0.375. The maximum atomic E-state index is 10.3. The second-order valence-corrected chi connectivity index (χ2v) is 8.35. The normalized spacial score (nSPS) is 13.0. The van der Waals surface area contributed by atoms with Gasteiger partial charge < -0.3 is 40.1 Å². The van der Waals surface area contributed by atoms with Gasteiger partial charge in [0.25, 0.3) is 0 Å². The van der Waals surface area contributed by atoms with E-state index in [-0.39, 0.29) is 12.5 Å². The number of ether oxygens (including phenoxy) is 2. The Morgan fingerprint density at radius 2 is 1.44 bits per heavy atom. The number of rotatable bonds is 11. The predicted octanol–water partition coefficient (Wildman–Crippen LogP) is 1.26. The highest BCUT2D eigenvalue weighted by Gasteiger charge is 2.40. The zero-order valence-electron chi connectivity index (χ0n) is 19.5. The second-order valence-electron chi connectivity index (χ2n) is 8.35. The number of aromatic hydroxyl groups is 1. The molecule has 1 atom stereocenters. The molecule has 2 aromatic carbocycles. The van der Waals surface area contributed by atoms with E-state index < -0.39 is 42.5 Å². The van der Waals surface area contributed by atoms with Crippen LogP contribution in [0.25, 0.3) is 0 Å². The molecule has 0 spiro atoms. The van der Waals surface area contributed by atoms with Crippen molar-refractivity contribution in [2.45, 2.75) is 44.6 Å². The first-order chi connectivity index (χ1) is 16.9. The summed E-state index contributed by atoms with van der Waals surface area (Å²) in [4.78, 5) is 32.6. The highest BCUT2D eigenvalue weighted by atomic mass is 16.7. The van der Waals surface area contributed by atoms with Gasteiger partial charge in [0.05, 0.1) is 18.9 Å². The Labute approximate surface area is 206 Å². The third kappa shape index (κ3) is 9.06. The Balaban J connectivity index is 0.000000302. The molecule has 0 fully saturated rings. The number of phenolic OH excluding ortho intramolecular Hbond substituents is 1. The number of aliphatic hydroxyl groups excluding tert-OH is 1. The van der Waals surface area contributed by atoms with Crippen molar-refractivity contribution in [3.8, 4) is 17.2 Å². The zero-order valence-corrected chi connectivity index (χ0v) is 19.5. The lowest BCUT2D eigenvalue weighted by atomic mass is 9.96. The van der Waals surface area contributed by atoms with Crippen molar-refractivity contribution in [2.75, 3.05) is 13.3 Å². The van der Waals surface area contributed by atoms with E-state index in [0.717, 1.165) is 22.6 Å². The molecule has 0 aromatic heterocycles. The van der Waals surface area contributed by atoms with Crippen molar-refractivity contribution in [2.24, 2.45) is 0 Å². The van der Waals surface area contributed by atoms with Crippen LogP contribution in [-0.4, -0.2) is 78.5 Å². The lowest BCUT2D eigenvalue weighted by Gasteiger charge is -2.24. The molecule has 2 aromatic rings. The number of carboxylic acid groups (broad SMARTS) is 3. The van der Waals surface area contributed by atoms with Crippen molar-refractivity contribution in [1.82, 2.24) is 4.90 Å². The van der Waals surface area contributed by atoms with Gasteiger partial charge in [0.1, 0.15) is 5.75 Å². The molecule has 0 saturated carbocycles. The largest absolute Gasteiger partial charge is 0.508 e. The molecule has 1 aliphatic rings. The maximum absolute atomic E-state index is 10.3. The molecule has 0 bridgehead atoms. The van der Waals surface area contributed by atoms with E-state index in [1.54, 1.807) is 19.1 Å². The summed E-state index contributed by atoms with van der Waals surface area (Å²) in [5.74, 6) is -3.22. The summed E-state index contributed by atoms with van der Waals surface area (Å²) in [5.41, 5.74) is -0.546. The van der Waals surface area contributed by atoms with Crippen LogP contribution in [0.4, 0.5) is 0 Å². The number of carboxylic acids is 3. The van der Waals surface area contributed by atoms with Crippen molar-refractivity contribution in [3.63, 3.8) is 0 Å². The molecule has 0 amide bonds. The van der Waals surface area contributed by atoms with Crippen molar-refractivity contribution >= 4 is 17.9 Å². The molecule has 0 saturated heterocycles. The van der Waals surface area contributed by atoms with Crippen molar-refractivity contribution in [3.05, 3.63) is 53.6 Å². The number of carbonyl (C=O) groups is 3. The minimum absolute atomic E-state index is 0.256. The lowest BCUT2D eigenvalue weighted by Crippen LogP contribution is -2.42. The van der Waals surface area contributed by atoms with Crippen LogP contribution < -0.4 is 9.47 Å². The van der Waals surface area contributed by atoms with Gasteiger partial charge in [0.15, 0.2) is 17.1 Å². The highest BCUT2D eigenvalue weighted by molar-refractivity contribution is 5.88. The Morgan fingerprint density at radius 1 is 0.917 bits per heavy atom. The smallest absolute Gasteiger partial charge is 0.336 e. The molecule has 12 nitrogen and oxygen atoms in total. The standard InChI is InChI=1S/C18H21NO4.C6H8O7/c1-13(20)9-19(10-14-2-5-16(21)6-3-14)11-15-4-7-17-18(8-15)23-12-22-17;7-3(8)1-6(13,5(11)12)2-4(9)10/h2-8,13,20-21H,9-12H2,1H3;13H,1-2H2,(H,7,8)(H,9,10)(H,11,12). The van der Waals surface area contributed by atoms with Gasteiger partial charge in [-0.15, -0.1) is 0 Å². The highest BCUT2D eigenvalue weighted by Crippen LogP contribution is 2.33. The van der Waals surface area contributed by atoms with Gasteiger partial charge in [-0.2, -0.15) is 0 Å². The molecule has 1 heterocycles. The van der Waals surface area contributed by atoms with E-state index in [0.29, 0.717) is 19.6 Å². The lowest BCUT2D eigenvalue weighted by molar-refractivity contribution is -0.170. The minimum atomic E-state index is -2.74. The van der Waals surface area contributed by atoms with E-state index in [2.05, 4.69) is 4.90 Å². The van der Waals surface area contributed by atoms with Crippen LogP contribution >= 0.6 is 0 Å². The monoisotopic (exact) mass is 507 g/mol. The quantitative estimate of drug-likeness (QED) is 0.255. The van der Waals surface area contributed by atoms with Crippen LogP contribution in [0.2, 0.25) is 0 Å². The van der Waals surface area contributed by atoms with Gasteiger partial charge in [0, 0.05) is 19.6 Å². The number of aliphatic carboxylic acids is 3. The number of fused-ring (bicyclic) bond motifs is 1. The number of nitrogens with zero attached hydrogens (tertiary/aromatic N) is 1. The fourth-order valence-corrected chi connectivity index (χ4v) is 3.43. The average molecular weight is 507 g/mol. The maximum Gasteiger partial charge on any atom is 0.336 e. The van der Waals surface area contributed by atoms with Crippen molar-refractivity contribution in [1.29, 1.82) is 0 Å². The Bertz CT molecular complexity index is 1040. The summed E-state index contributed by atoms with van der Waals surface area (Å²) in [7, 11) is 0. The van der Waals surface area contributed by atoms with Crippen LogP contribution in [0.5, 0.6) is 17.2 Å². The first-order valence-corrected chi connectivity index (χ1v) is 10.8. The summed E-state index contributed by atoms with van der Waals surface area (Å²) in [6.07, 6.45) is -2.70. The molecule has 12 heteroatoms. The third-order valence-electron chi connectivity index (χ3n) is 4.99. The Kier molecular flexibility index (Phi) is 10.0. The summed E-state index contributed by atoms with van der Waals surface area (Å²) in [6.45, 7) is 4.00. The summed E-state index contributed by atoms with van der Waals surface area (Å²) >= 11 is 0. The zero-order chi connectivity index (χ0) is 26.9. The summed E-state index contributed by atoms with van der Waals surface area (Å²) < 4.78 is 10.7. The van der Waals surface area contributed by atoms with Crippen LogP contribution in [0.3, 0.4) is 0 Å². The molecular weight excluding hydrogens is 478 g/mol. The number of hydrogen-bond donors (Lipinski definition) is 6. The van der Waals surface area contributed by atoms with Gasteiger partial charge in [-0.3, -0.25) is 14.5 Å². The minimum Gasteiger partial charge on any atom is -0.508 e. The Morgan fingerprint density at radius 3 is 1.97 bits per heavy atom. The third-order valence-corrected chi connectivity index (χ3v) is 4.99. The molecular formula is C24H29NO11. The molecule has 196 valence electrons. The van der Waals surface area contributed by atoms with E-state index in [1.807, 2.05) is 30.3 Å². The fourth-order valence-electron chi connectivity index (χ4n) is 3.43. The molecule has 1 aliphatic heterocycles. The van der Waals surface area contributed by atoms with Crippen molar-refractivity contribution < 1.29 is 54.5 Å². The summed E-state index contributed by atoms with van der Waals surface area (Å²) in [6, 6.07) is 13.0. The first kappa shape index (κ1) is 28.4. The molecule has 3 rings (SSSR count). The number of phenols is 1. The van der Waals surface area contributed by atoms with Crippen LogP contribution in [0.1, 0.15) is 30.9 Å². The summed E-state index contributed by atoms with van der Waals surface area (Å²) in [5, 5.41) is 52.9. The molecule has 1 unspecified atom stereocenters. The van der Waals surface area contributed by atoms with Crippen LogP contribution in [0, 0.1) is 0 Å². The van der Waals surface area contributed by atoms with Crippen LogP contribution in [-0.2, 0) is 27.5 Å². The van der Waals surface area contributed by atoms with Crippen LogP contribution in [0.15, 0.2) is 42.5 Å². The Hall–Kier alpha value is -3.87. The van der Waals surface area contributed by atoms with E-state index in [1.165, 1.54) is 0 Å². The first-order valence-electron chi connectivity index (χ1n) is 10.8. The molecule has 0 aliphatic carbocycles. The predicted molar refractivity (Wildman–Crippen MR) is 124 cm³/mol. The molecule has 6 N–H and O–H groups in total. The van der Waals surface area contributed by atoms with Gasteiger partial charge in [0.2, 0.25) is 6.79 Å². The van der Waals surface area contributed by atoms with E-state index in [4.69, 9.17) is 29.9 Å². The SMILES string of the molecule is CC(O)CN(Cc1ccc(O)cc1)Cc1ccc2c(c1)OCO2.O=C(O)CC(O)(CC(=O)O)C(=O)O. The van der Waals surface area contributed by atoms with E-state index in [9.17, 15) is 24.6 Å². The van der Waals surface area contributed by atoms with Gasteiger partial charge >= 0.3 is 17.9 Å². The topological polar surface area (TPSA) is 194 Å². The number of hydrogen-bond acceptors (Lipinski definition) is 9. The van der Waals surface area contributed by atoms with E-state index >= 15 is 0 Å². The molecule has 0 radical (unpaired) electrons. The average Bonchev–Trinajstić information content (AvgIpc) is 3.22. The van der Waals surface area contributed by atoms with Gasteiger partial charge in [-0.05, 0) is 42.3 Å².